The van der Waals surface area contributed by atoms with Crippen LogP contribution in [0.25, 0.3) is 11.0 Å². The van der Waals surface area contributed by atoms with Crippen LogP contribution in [0.5, 0.6) is 0 Å². The van der Waals surface area contributed by atoms with Crippen molar-refractivity contribution in [1.82, 2.24) is 29.2 Å². The smallest absolute Gasteiger partial charge is 0.252 e. The lowest BCUT2D eigenvalue weighted by atomic mass is 10.2. The van der Waals surface area contributed by atoms with Gasteiger partial charge in [-0.05, 0) is 30.3 Å². The summed E-state index contributed by atoms with van der Waals surface area (Å²) in [5, 5.41) is 3.78. The lowest BCUT2D eigenvalue weighted by molar-refractivity contribution is -0.129. The van der Waals surface area contributed by atoms with E-state index in [-0.39, 0.29) is 29.1 Å². The van der Waals surface area contributed by atoms with Crippen LogP contribution >= 0.6 is 0 Å². The monoisotopic (exact) mass is 548 g/mol. The molecule has 2 saturated heterocycles. The molecule has 12 heteroatoms. The molecule has 3 aromatic rings. The Labute approximate surface area is 231 Å². The van der Waals surface area contributed by atoms with Crippen LogP contribution in [-0.2, 0) is 16.1 Å². The van der Waals surface area contributed by atoms with Crippen molar-refractivity contribution in [1.29, 1.82) is 0 Å². The van der Waals surface area contributed by atoms with E-state index in [0.29, 0.717) is 69.4 Å². The standard InChI is InChI=1S/C28H33FN8O3/c1-3-25(39)36-11-8-33(9-12-36)10-17-37-26(40)7-4-21-19-30-28(32-27(21)37)31-22-5-6-24(23(29)18-22)35-15-13-34(14-16-35)20(2)38/h3-7,18-19H,1,8-17H2,2H3,(H,30,31,32). The number of halogens is 1. The number of aromatic nitrogens is 3. The number of hydrogen-bond acceptors (Lipinski definition) is 8. The minimum Gasteiger partial charge on any atom is -0.366 e. The highest BCUT2D eigenvalue weighted by molar-refractivity contribution is 5.87. The van der Waals surface area contributed by atoms with Crippen LogP contribution in [-0.4, -0.2) is 100.0 Å². The molecular weight excluding hydrogens is 515 g/mol. The van der Waals surface area contributed by atoms with Gasteiger partial charge < -0.3 is 20.0 Å². The Bertz CT molecular complexity index is 1480. The highest BCUT2D eigenvalue weighted by Crippen LogP contribution is 2.25. The van der Waals surface area contributed by atoms with Crippen molar-refractivity contribution in [3.05, 3.63) is 65.4 Å². The fourth-order valence-corrected chi connectivity index (χ4v) is 5.14. The van der Waals surface area contributed by atoms with Gasteiger partial charge in [0.05, 0.1) is 5.69 Å². The van der Waals surface area contributed by atoms with E-state index < -0.39 is 0 Å². The lowest BCUT2D eigenvalue weighted by Gasteiger charge is -2.35. The maximum atomic E-state index is 15.0. The molecule has 2 amide bonds. The zero-order valence-electron chi connectivity index (χ0n) is 22.6. The average molecular weight is 549 g/mol. The number of pyridine rings is 1. The number of hydrogen-bond donors (Lipinski definition) is 1. The summed E-state index contributed by atoms with van der Waals surface area (Å²) >= 11 is 0. The normalized spacial score (nSPS) is 16.3. The van der Waals surface area contributed by atoms with Gasteiger partial charge in [0.2, 0.25) is 17.8 Å². The first-order valence-electron chi connectivity index (χ1n) is 13.4. The van der Waals surface area contributed by atoms with Crippen molar-refractivity contribution in [3.8, 4) is 0 Å². The summed E-state index contributed by atoms with van der Waals surface area (Å²) in [6.45, 7) is 11.1. The van der Waals surface area contributed by atoms with E-state index in [1.807, 2.05) is 4.90 Å². The Morgan fingerprint density at radius 1 is 1.00 bits per heavy atom. The Morgan fingerprint density at radius 2 is 1.73 bits per heavy atom. The second-order valence-electron chi connectivity index (χ2n) is 9.95. The largest absolute Gasteiger partial charge is 0.366 e. The maximum absolute atomic E-state index is 15.0. The molecule has 0 spiro atoms. The molecule has 2 aliphatic heterocycles. The molecular formula is C28H33FN8O3. The van der Waals surface area contributed by atoms with E-state index in [1.54, 1.807) is 45.7 Å². The molecule has 2 aromatic heterocycles. The number of benzene rings is 1. The summed E-state index contributed by atoms with van der Waals surface area (Å²) in [7, 11) is 0. The molecule has 2 fully saturated rings. The van der Waals surface area contributed by atoms with Gasteiger partial charge in [-0.1, -0.05) is 6.58 Å². The van der Waals surface area contributed by atoms with Gasteiger partial charge in [0.25, 0.3) is 5.56 Å². The van der Waals surface area contributed by atoms with E-state index in [9.17, 15) is 14.4 Å². The number of carbonyl (C=O) groups is 2. The summed E-state index contributed by atoms with van der Waals surface area (Å²) in [5.74, 6) is -0.164. The molecule has 0 aliphatic carbocycles. The van der Waals surface area contributed by atoms with Crippen LogP contribution in [0.15, 0.2) is 54.0 Å². The highest BCUT2D eigenvalue weighted by atomic mass is 19.1. The lowest BCUT2D eigenvalue weighted by Crippen LogP contribution is -2.49. The molecule has 210 valence electrons. The van der Waals surface area contributed by atoms with Crippen LogP contribution in [0.3, 0.4) is 0 Å². The number of nitrogens with one attached hydrogen (secondary N) is 1. The fourth-order valence-electron chi connectivity index (χ4n) is 5.14. The van der Waals surface area contributed by atoms with Gasteiger partial charge in [0.1, 0.15) is 11.5 Å². The molecule has 4 heterocycles. The number of fused-ring (bicyclic) bond motifs is 1. The van der Waals surface area contributed by atoms with E-state index in [4.69, 9.17) is 0 Å². The predicted molar refractivity (Wildman–Crippen MR) is 151 cm³/mol. The molecule has 0 bridgehead atoms. The summed E-state index contributed by atoms with van der Waals surface area (Å²) in [6, 6.07) is 8.06. The first-order valence-corrected chi connectivity index (χ1v) is 13.4. The van der Waals surface area contributed by atoms with Gasteiger partial charge in [-0.2, -0.15) is 4.98 Å². The van der Waals surface area contributed by atoms with Gasteiger partial charge in [-0.3, -0.25) is 23.9 Å². The summed E-state index contributed by atoms with van der Waals surface area (Å²) in [6.07, 6.45) is 2.97. The van der Waals surface area contributed by atoms with E-state index in [2.05, 4.69) is 26.8 Å². The molecule has 0 unspecified atom stereocenters. The molecule has 1 aromatic carbocycles. The molecule has 1 N–H and O–H groups in total. The zero-order chi connectivity index (χ0) is 28.2. The Morgan fingerprint density at radius 3 is 2.40 bits per heavy atom. The van der Waals surface area contributed by atoms with Crippen LogP contribution in [0.4, 0.5) is 21.7 Å². The molecule has 0 saturated carbocycles. The third-order valence-electron chi connectivity index (χ3n) is 7.49. The quantitative estimate of drug-likeness (QED) is 0.445. The number of carbonyl (C=O) groups excluding carboxylic acids is 2. The molecule has 40 heavy (non-hydrogen) atoms. The second-order valence-corrected chi connectivity index (χ2v) is 9.95. The van der Waals surface area contributed by atoms with Crippen molar-refractivity contribution in [2.24, 2.45) is 0 Å². The van der Waals surface area contributed by atoms with Crippen molar-refractivity contribution >= 4 is 40.2 Å². The minimum absolute atomic E-state index is 0.0280. The number of amides is 2. The third-order valence-corrected chi connectivity index (χ3v) is 7.49. The van der Waals surface area contributed by atoms with Crippen LogP contribution < -0.4 is 15.8 Å². The van der Waals surface area contributed by atoms with Gasteiger partial charge in [0, 0.05) is 95.7 Å². The number of anilines is 3. The van der Waals surface area contributed by atoms with Crippen LogP contribution in [0.2, 0.25) is 0 Å². The minimum atomic E-state index is -0.381. The van der Waals surface area contributed by atoms with E-state index in [0.717, 1.165) is 18.5 Å². The molecule has 11 nitrogen and oxygen atoms in total. The Balaban J connectivity index is 1.27. The van der Waals surface area contributed by atoms with Gasteiger partial charge in [-0.25, -0.2) is 9.37 Å². The first kappa shape index (κ1) is 27.3. The van der Waals surface area contributed by atoms with Crippen molar-refractivity contribution in [3.63, 3.8) is 0 Å². The van der Waals surface area contributed by atoms with Gasteiger partial charge >= 0.3 is 0 Å². The topological polar surface area (TPSA) is 107 Å². The maximum Gasteiger partial charge on any atom is 0.252 e. The fraction of sp³-hybridized carbons (Fsp3) is 0.393. The van der Waals surface area contributed by atoms with E-state index in [1.165, 1.54) is 18.2 Å². The predicted octanol–water partition coefficient (Wildman–Crippen LogP) is 1.67. The first-order chi connectivity index (χ1) is 19.3. The molecule has 5 rings (SSSR count). The highest BCUT2D eigenvalue weighted by Gasteiger charge is 2.22. The van der Waals surface area contributed by atoms with Crippen molar-refractivity contribution in [2.45, 2.75) is 13.5 Å². The van der Waals surface area contributed by atoms with E-state index >= 15 is 4.39 Å². The SMILES string of the molecule is C=CC(=O)N1CCN(CCn2c(=O)ccc3cnc(Nc4ccc(N5CCN(C(C)=O)CC5)c(F)c4)nc32)CC1. The summed E-state index contributed by atoms with van der Waals surface area (Å²) in [4.78, 5) is 52.8. The molecule has 0 atom stereocenters. The van der Waals surface area contributed by atoms with Crippen molar-refractivity contribution in [2.75, 3.05) is 69.1 Å². The summed E-state index contributed by atoms with van der Waals surface area (Å²) in [5.41, 5.74) is 1.29. The average Bonchev–Trinajstić information content (AvgIpc) is 2.96. The van der Waals surface area contributed by atoms with Crippen LogP contribution in [0, 0.1) is 5.82 Å². The Hall–Kier alpha value is -4.32. The Kier molecular flexibility index (Phi) is 8.06. The third kappa shape index (κ3) is 5.96. The van der Waals surface area contributed by atoms with Gasteiger partial charge in [0.15, 0.2) is 0 Å². The molecule has 0 radical (unpaired) electrons. The second kappa shape index (κ2) is 11.8. The number of rotatable bonds is 7. The zero-order valence-corrected chi connectivity index (χ0v) is 22.6. The van der Waals surface area contributed by atoms with Crippen LogP contribution in [0.1, 0.15) is 6.92 Å². The molecule has 2 aliphatic rings. The summed E-state index contributed by atoms with van der Waals surface area (Å²) < 4.78 is 16.7. The number of piperazine rings is 2. The van der Waals surface area contributed by atoms with Crippen molar-refractivity contribution < 1.29 is 14.0 Å². The van der Waals surface area contributed by atoms with Gasteiger partial charge in [-0.15, -0.1) is 0 Å². The number of nitrogens with zero attached hydrogens (tertiary/aromatic N) is 7.